The van der Waals surface area contributed by atoms with Crippen LogP contribution in [0.4, 0.5) is 0 Å². The van der Waals surface area contributed by atoms with Gasteiger partial charge in [0.1, 0.15) is 22.9 Å². The fourth-order valence-electron chi connectivity index (χ4n) is 6.79. The van der Waals surface area contributed by atoms with Gasteiger partial charge in [-0.15, -0.1) is 0 Å². The zero-order valence-electron chi connectivity index (χ0n) is 36.5. The molecule has 0 bridgehead atoms. The molecule has 0 aliphatic heterocycles. The standard InChI is InChI=1S/C51H60N2O9/c1-5-9-14-22-38(8-4)47(53-62-51(58)42-25-17-12-18-26-42)49(56)40-30-34-44(35-31-40)60-45(54)27-19-13-20-36-59-43-32-28-39(29-33-43)48(55)46(37(7-3)21-10-6-2)52-61-50(57)41-23-15-11-16-24-41/h11-12,15-18,23-26,28-35,37-38H,5-10,13-14,19-22,27,36H2,1-4H3/b52-46+,53-47+. The molecule has 0 aliphatic carbocycles. The minimum atomic E-state index is -0.639. The molecule has 4 aromatic carbocycles. The second-order valence-electron chi connectivity index (χ2n) is 15.1. The number of hydrogen-bond acceptors (Lipinski definition) is 11. The third-order valence-corrected chi connectivity index (χ3v) is 10.5. The molecule has 2 atom stereocenters. The van der Waals surface area contributed by atoms with E-state index in [4.69, 9.17) is 19.1 Å². The molecule has 4 aromatic rings. The van der Waals surface area contributed by atoms with Crippen molar-refractivity contribution < 1.29 is 43.1 Å². The van der Waals surface area contributed by atoms with Crippen LogP contribution in [0.1, 0.15) is 153 Å². The summed E-state index contributed by atoms with van der Waals surface area (Å²) in [7, 11) is 0. The van der Waals surface area contributed by atoms with Gasteiger partial charge in [0.25, 0.3) is 0 Å². The van der Waals surface area contributed by atoms with Gasteiger partial charge in [0.05, 0.1) is 17.7 Å². The van der Waals surface area contributed by atoms with Crippen LogP contribution in [0.25, 0.3) is 0 Å². The van der Waals surface area contributed by atoms with Crippen LogP contribution in [0, 0.1) is 11.8 Å². The molecule has 0 amide bonds. The lowest BCUT2D eigenvalue weighted by atomic mass is 9.89. The van der Waals surface area contributed by atoms with E-state index in [-0.39, 0.29) is 47.2 Å². The number of esters is 1. The number of oxime groups is 2. The SMILES string of the molecule is CCCCCC(CC)/C(=N\OC(=O)c1ccccc1)C(=O)c1ccc(OC(=O)CCCCCOc2ccc(C(=O)/C(=N/OC(=O)c3ccccc3)C(CC)CCCC)cc2)cc1. The summed E-state index contributed by atoms with van der Waals surface area (Å²) in [6, 6.07) is 30.2. The van der Waals surface area contributed by atoms with E-state index in [0.29, 0.717) is 66.0 Å². The Hall–Kier alpha value is -6.23. The van der Waals surface area contributed by atoms with E-state index < -0.39 is 11.9 Å². The van der Waals surface area contributed by atoms with E-state index >= 15 is 0 Å². The highest BCUT2D eigenvalue weighted by Gasteiger charge is 2.26. The molecule has 0 aromatic heterocycles. The summed E-state index contributed by atoms with van der Waals surface area (Å²) in [4.78, 5) is 75.8. The smallest absolute Gasteiger partial charge is 0.365 e. The monoisotopic (exact) mass is 844 g/mol. The summed E-state index contributed by atoms with van der Waals surface area (Å²) >= 11 is 0. The Kier molecular flexibility index (Phi) is 21.0. The molecular weight excluding hydrogens is 785 g/mol. The van der Waals surface area contributed by atoms with Gasteiger partial charge in [-0.05, 0) is 118 Å². The first-order valence-corrected chi connectivity index (χ1v) is 22.0. The fraction of sp³-hybridized carbons (Fsp3) is 0.392. The average Bonchev–Trinajstić information content (AvgIpc) is 3.31. The lowest BCUT2D eigenvalue weighted by Crippen LogP contribution is -2.25. The molecule has 0 N–H and O–H groups in total. The van der Waals surface area contributed by atoms with Crippen molar-refractivity contribution in [1.29, 1.82) is 0 Å². The maximum absolute atomic E-state index is 13.7. The number of rotatable bonds is 27. The summed E-state index contributed by atoms with van der Waals surface area (Å²) in [5, 5.41) is 8.22. The molecule has 0 aliphatic rings. The summed E-state index contributed by atoms with van der Waals surface area (Å²) in [6.07, 6.45) is 9.90. The van der Waals surface area contributed by atoms with Crippen molar-refractivity contribution in [2.24, 2.45) is 22.1 Å². The highest BCUT2D eigenvalue weighted by Crippen LogP contribution is 2.23. The molecule has 328 valence electrons. The van der Waals surface area contributed by atoms with Crippen molar-refractivity contribution in [2.75, 3.05) is 6.61 Å². The minimum absolute atomic E-state index is 0.158. The minimum Gasteiger partial charge on any atom is -0.494 e. The Labute approximate surface area is 365 Å². The number of carbonyl (C=O) groups is 5. The summed E-state index contributed by atoms with van der Waals surface area (Å²) in [5.74, 6) is -1.72. The maximum atomic E-state index is 13.7. The van der Waals surface area contributed by atoms with Crippen molar-refractivity contribution in [1.82, 2.24) is 0 Å². The summed E-state index contributed by atoms with van der Waals surface area (Å²) in [5.41, 5.74) is 1.88. The molecule has 0 saturated heterocycles. The first-order chi connectivity index (χ1) is 30.2. The second-order valence-corrected chi connectivity index (χ2v) is 15.1. The molecule has 11 nitrogen and oxygen atoms in total. The van der Waals surface area contributed by atoms with Gasteiger partial charge in [0, 0.05) is 29.4 Å². The average molecular weight is 845 g/mol. The van der Waals surface area contributed by atoms with Gasteiger partial charge in [0.2, 0.25) is 11.6 Å². The van der Waals surface area contributed by atoms with Crippen LogP contribution >= 0.6 is 0 Å². The Bertz CT molecular complexity index is 2080. The quantitative estimate of drug-likeness (QED) is 0.0109. The number of Topliss-reactive ketones (excluding diaryl/α,β-unsaturated/α-hetero) is 2. The van der Waals surface area contributed by atoms with E-state index in [1.807, 2.05) is 13.8 Å². The summed E-state index contributed by atoms with van der Waals surface area (Å²) in [6.45, 7) is 8.60. The van der Waals surface area contributed by atoms with Gasteiger partial charge in [-0.2, -0.15) is 0 Å². The van der Waals surface area contributed by atoms with E-state index in [9.17, 15) is 24.0 Å². The number of ketones is 2. The zero-order chi connectivity index (χ0) is 44.5. The lowest BCUT2D eigenvalue weighted by Gasteiger charge is -2.16. The molecule has 0 spiro atoms. The van der Waals surface area contributed by atoms with Crippen LogP contribution in [0.5, 0.6) is 11.5 Å². The zero-order valence-corrected chi connectivity index (χ0v) is 36.5. The Morgan fingerprint density at radius 2 is 0.952 bits per heavy atom. The molecule has 2 unspecified atom stereocenters. The van der Waals surface area contributed by atoms with Crippen LogP contribution in [0.3, 0.4) is 0 Å². The van der Waals surface area contributed by atoms with Crippen LogP contribution < -0.4 is 9.47 Å². The predicted molar refractivity (Wildman–Crippen MR) is 241 cm³/mol. The highest BCUT2D eigenvalue weighted by atomic mass is 16.7. The van der Waals surface area contributed by atoms with Gasteiger partial charge in [0.15, 0.2) is 0 Å². The predicted octanol–water partition coefficient (Wildman–Crippen LogP) is 11.8. The maximum Gasteiger partial charge on any atom is 0.365 e. The Balaban J connectivity index is 1.24. The number of unbranched alkanes of at least 4 members (excludes halogenated alkanes) is 5. The molecule has 0 saturated carbocycles. The second kappa shape index (κ2) is 26.9. The first-order valence-electron chi connectivity index (χ1n) is 22.0. The van der Waals surface area contributed by atoms with Crippen molar-refractivity contribution in [3.05, 3.63) is 131 Å². The number of ether oxygens (including phenoxy) is 2. The van der Waals surface area contributed by atoms with E-state index in [1.54, 1.807) is 109 Å². The van der Waals surface area contributed by atoms with Crippen LogP contribution in [-0.2, 0) is 14.5 Å². The van der Waals surface area contributed by atoms with Crippen molar-refractivity contribution in [2.45, 2.75) is 111 Å². The van der Waals surface area contributed by atoms with Gasteiger partial charge in [-0.1, -0.05) is 107 Å². The molecule has 0 heterocycles. The van der Waals surface area contributed by atoms with E-state index in [1.165, 1.54) is 0 Å². The van der Waals surface area contributed by atoms with Gasteiger partial charge in [-0.25, -0.2) is 9.59 Å². The number of nitrogens with zero attached hydrogens (tertiary/aromatic N) is 2. The van der Waals surface area contributed by atoms with E-state index in [2.05, 4.69) is 24.2 Å². The Morgan fingerprint density at radius 3 is 1.42 bits per heavy atom. The molecule has 11 heteroatoms. The first kappa shape index (κ1) is 48.4. The molecule has 0 fully saturated rings. The number of carbonyl (C=O) groups excluding carboxylic acids is 5. The molecule has 4 rings (SSSR count). The van der Waals surface area contributed by atoms with Gasteiger partial charge in [-0.3, -0.25) is 14.4 Å². The topological polar surface area (TPSA) is 147 Å². The Morgan fingerprint density at radius 1 is 0.484 bits per heavy atom. The summed E-state index contributed by atoms with van der Waals surface area (Å²) < 4.78 is 11.4. The van der Waals surface area contributed by atoms with Gasteiger partial charge < -0.3 is 19.1 Å². The molecule has 0 radical (unpaired) electrons. The number of benzene rings is 4. The van der Waals surface area contributed by atoms with Crippen molar-refractivity contribution >= 4 is 40.9 Å². The van der Waals surface area contributed by atoms with Crippen molar-refractivity contribution in [3.63, 3.8) is 0 Å². The molecule has 62 heavy (non-hydrogen) atoms. The largest absolute Gasteiger partial charge is 0.494 e. The number of hydrogen-bond donors (Lipinski definition) is 0. The third kappa shape index (κ3) is 15.7. The van der Waals surface area contributed by atoms with Crippen LogP contribution in [0.15, 0.2) is 120 Å². The third-order valence-electron chi connectivity index (χ3n) is 10.5. The fourth-order valence-corrected chi connectivity index (χ4v) is 6.79. The van der Waals surface area contributed by atoms with E-state index in [0.717, 1.165) is 51.4 Å². The lowest BCUT2D eigenvalue weighted by molar-refractivity contribution is -0.134. The van der Waals surface area contributed by atoms with Crippen LogP contribution in [-0.4, -0.2) is 47.5 Å². The molecular formula is C51H60N2O9. The highest BCUT2D eigenvalue weighted by molar-refractivity contribution is 6.47. The van der Waals surface area contributed by atoms with Crippen LogP contribution in [0.2, 0.25) is 0 Å². The van der Waals surface area contributed by atoms with Crippen molar-refractivity contribution in [3.8, 4) is 11.5 Å². The normalized spacial score (nSPS) is 12.5. The van der Waals surface area contributed by atoms with Gasteiger partial charge >= 0.3 is 17.9 Å².